The van der Waals surface area contributed by atoms with Crippen molar-refractivity contribution in [3.63, 3.8) is 0 Å². The zero-order valence-corrected chi connectivity index (χ0v) is 12.8. The number of thiazole rings is 1. The van der Waals surface area contributed by atoms with Crippen molar-refractivity contribution < 1.29 is 14.3 Å². The fraction of sp³-hybridized carbons (Fsp3) is 0.214. The highest BCUT2D eigenvalue weighted by Crippen LogP contribution is 2.25. The number of rotatable bonds is 6. The number of carbonyl (C=O) groups is 2. The summed E-state index contributed by atoms with van der Waals surface area (Å²) in [6.07, 6.45) is 0.211. The molecule has 1 amide bonds. The largest absolute Gasteiger partial charge is 0.462 e. The van der Waals surface area contributed by atoms with Gasteiger partial charge in [-0.15, -0.1) is 0 Å². The Kier molecular flexibility index (Phi) is 5.31. The molecule has 7 nitrogen and oxygen atoms in total. The van der Waals surface area contributed by atoms with Crippen LogP contribution in [0.4, 0.5) is 10.9 Å². The van der Waals surface area contributed by atoms with Gasteiger partial charge in [-0.05, 0) is 12.5 Å². The molecule has 116 valence electrons. The Labute approximate surface area is 131 Å². The van der Waals surface area contributed by atoms with E-state index < -0.39 is 5.97 Å². The molecule has 1 heterocycles. The standard InChI is InChI=1S/C14H16N4O3S/c1-2-21-13(20)11-12(16-14(15)22-11)18-17-10(19)8-9-6-4-3-5-7-9/h3-7,18H,2,8H2,1H3,(H2,15,16)(H,17,19). The van der Waals surface area contributed by atoms with Gasteiger partial charge in [0, 0.05) is 0 Å². The van der Waals surface area contributed by atoms with E-state index in [0.717, 1.165) is 16.9 Å². The van der Waals surface area contributed by atoms with Crippen molar-refractivity contribution in [2.24, 2.45) is 0 Å². The number of benzene rings is 1. The number of anilines is 2. The van der Waals surface area contributed by atoms with Crippen molar-refractivity contribution in [3.05, 3.63) is 40.8 Å². The molecule has 2 aromatic rings. The lowest BCUT2D eigenvalue weighted by Crippen LogP contribution is -2.31. The molecule has 0 aliphatic carbocycles. The molecule has 4 N–H and O–H groups in total. The number of nitrogens with one attached hydrogen (secondary N) is 2. The first-order valence-corrected chi connectivity index (χ1v) is 7.44. The Morgan fingerprint density at radius 3 is 2.73 bits per heavy atom. The third kappa shape index (κ3) is 4.19. The highest BCUT2D eigenvalue weighted by molar-refractivity contribution is 7.17. The minimum atomic E-state index is -0.531. The minimum Gasteiger partial charge on any atom is -0.462 e. The van der Waals surface area contributed by atoms with Gasteiger partial charge in [-0.25, -0.2) is 9.78 Å². The average molecular weight is 320 g/mol. The number of nitrogen functional groups attached to an aromatic ring is 1. The third-order valence-corrected chi connectivity index (χ3v) is 3.50. The van der Waals surface area contributed by atoms with E-state index in [4.69, 9.17) is 10.5 Å². The number of hydrogen-bond acceptors (Lipinski definition) is 7. The fourth-order valence-corrected chi connectivity index (χ4v) is 2.39. The maximum atomic E-state index is 11.9. The number of amides is 1. The highest BCUT2D eigenvalue weighted by atomic mass is 32.1. The molecular formula is C14H16N4O3S. The van der Waals surface area contributed by atoms with Gasteiger partial charge in [0.2, 0.25) is 5.91 Å². The molecule has 0 atom stereocenters. The molecule has 0 aliphatic rings. The van der Waals surface area contributed by atoms with Crippen molar-refractivity contribution in [2.45, 2.75) is 13.3 Å². The monoisotopic (exact) mass is 320 g/mol. The van der Waals surface area contributed by atoms with Crippen molar-refractivity contribution in [1.82, 2.24) is 10.4 Å². The summed E-state index contributed by atoms with van der Waals surface area (Å²) in [6, 6.07) is 9.30. The van der Waals surface area contributed by atoms with Crippen LogP contribution in [-0.2, 0) is 16.0 Å². The maximum Gasteiger partial charge on any atom is 0.352 e. The smallest absolute Gasteiger partial charge is 0.352 e. The van der Waals surface area contributed by atoms with Gasteiger partial charge in [0.25, 0.3) is 0 Å². The normalized spacial score (nSPS) is 10.0. The van der Waals surface area contributed by atoms with Crippen molar-refractivity contribution in [1.29, 1.82) is 0 Å². The maximum absolute atomic E-state index is 11.9. The SMILES string of the molecule is CCOC(=O)c1sc(N)nc1NNC(=O)Cc1ccccc1. The molecule has 1 aromatic carbocycles. The van der Waals surface area contributed by atoms with E-state index in [1.165, 1.54) is 0 Å². The number of ether oxygens (including phenoxy) is 1. The first kappa shape index (κ1) is 15.8. The van der Waals surface area contributed by atoms with E-state index >= 15 is 0 Å². The van der Waals surface area contributed by atoms with Crippen LogP contribution in [0.5, 0.6) is 0 Å². The predicted molar refractivity (Wildman–Crippen MR) is 84.4 cm³/mol. The molecular weight excluding hydrogens is 304 g/mol. The van der Waals surface area contributed by atoms with Gasteiger partial charge in [-0.3, -0.25) is 15.6 Å². The minimum absolute atomic E-state index is 0.183. The number of nitrogens with two attached hydrogens (primary N) is 1. The summed E-state index contributed by atoms with van der Waals surface area (Å²) >= 11 is 0.996. The van der Waals surface area contributed by atoms with Crippen LogP contribution in [0.15, 0.2) is 30.3 Å². The molecule has 0 saturated carbocycles. The van der Waals surface area contributed by atoms with E-state index in [1.807, 2.05) is 30.3 Å². The fourth-order valence-electron chi connectivity index (χ4n) is 1.71. The van der Waals surface area contributed by atoms with Crippen LogP contribution in [0.3, 0.4) is 0 Å². The molecule has 0 saturated heterocycles. The Morgan fingerprint density at radius 1 is 1.32 bits per heavy atom. The summed E-state index contributed by atoms with van der Waals surface area (Å²) in [5, 5.41) is 0.211. The number of nitrogens with zero attached hydrogens (tertiary/aromatic N) is 1. The average Bonchev–Trinajstić information content (AvgIpc) is 2.88. The molecule has 8 heteroatoms. The summed E-state index contributed by atoms with van der Waals surface area (Å²) in [4.78, 5) is 27.8. The lowest BCUT2D eigenvalue weighted by Gasteiger charge is -2.07. The van der Waals surface area contributed by atoms with E-state index in [2.05, 4.69) is 15.8 Å². The number of esters is 1. The first-order valence-electron chi connectivity index (χ1n) is 6.62. The van der Waals surface area contributed by atoms with Crippen LogP contribution in [0.25, 0.3) is 0 Å². The van der Waals surface area contributed by atoms with Crippen LogP contribution in [-0.4, -0.2) is 23.5 Å². The second kappa shape index (κ2) is 7.41. The van der Waals surface area contributed by atoms with Gasteiger partial charge in [0.05, 0.1) is 13.0 Å². The second-order valence-electron chi connectivity index (χ2n) is 4.29. The van der Waals surface area contributed by atoms with Gasteiger partial charge in [-0.2, -0.15) is 0 Å². The van der Waals surface area contributed by atoms with Gasteiger partial charge in [-0.1, -0.05) is 41.7 Å². The Morgan fingerprint density at radius 2 is 2.05 bits per heavy atom. The molecule has 0 fully saturated rings. The number of carbonyl (C=O) groups excluding carboxylic acids is 2. The van der Waals surface area contributed by atoms with Crippen LogP contribution >= 0.6 is 11.3 Å². The summed E-state index contributed by atoms with van der Waals surface area (Å²) in [5.41, 5.74) is 11.6. The molecule has 0 radical (unpaired) electrons. The van der Waals surface area contributed by atoms with E-state index in [-0.39, 0.29) is 34.8 Å². The molecule has 0 aliphatic heterocycles. The highest BCUT2D eigenvalue weighted by Gasteiger charge is 2.18. The summed E-state index contributed by atoms with van der Waals surface area (Å²) in [6.45, 7) is 1.95. The van der Waals surface area contributed by atoms with E-state index in [1.54, 1.807) is 6.92 Å². The number of hydrogen-bond donors (Lipinski definition) is 3. The van der Waals surface area contributed by atoms with Crippen LogP contribution in [0.2, 0.25) is 0 Å². The lowest BCUT2D eigenvalue weighted by atomic mass is 10.1. The van der Waals surface area contributed by atoms with Crippen LogP contribution in [0.1, 0.15) is 22.2 Å². The van der Waals surface area contributed by atoms with Gasteiger partial charge in [0.15, 0.2) is 15.8 Å². The molecule has 0 spiro atoms. The van der Waals surface area contributed by atoms with Crippen LogP contribution in [0, 0.1) is 0 Å². The summed E-state index contributed by atoms with van der Waals surface area (Å²) in [7, 11) is 0. The molecule has 22 heavy (non-hydrogen) atoms. The third-order valence-electron chi connectivity index (χ3n) is 2.63. The van der Waals surface area contributed by atoms with Gasteiger partial charge < -0.3 is 10.5 Å². The predicted octanol–water partition coefficient (Wildman–Crippen LogP) is 1.59. The topological polar surface area (TPSA) is 106 Å². The van der Waals surface area contributed by atoms with E-state index in [9.17, 15) is 9.59 Å². The quantitative estimate of drug-likeness (QED) is 0.551. The Balaban J connectivity index is 1.96. The number of aromatic nitrogens is 1. The second-order valence-corrected chi connectivity index (χ2v) is 5.32. The van der Waals surface area contributed by atoms with Gasteiger partial charge >= 0.3 is 5.97 Å². The van der Waals surface area contributed by atoms with Gasteiger partial charge in [0.1, 0.15) is 0 Å². The van der Waals surface area contributed by atoms with E-state index in [0.29, 0.717) is 0 Å². The molecule has 0 bridgehead atoms. The zero-order valence-electron chi connectivity index (χ0n) is 12.0. The summed E-state index contributed by atoms with van der Waals surface area (Å²) in [5.74, 6) is -0.605. The van der Waals surface area contributed by atoms with Crippen molar-refractivity contribution >= 4 is 34.2 Å². The Bertz CT molecular complexity index is 657. The molecule has 2 rings (SSSR count). The van der Waals surface area contributed by atoms with Crippen molar-refractivity contribution in [2.75, 3.05) is 17.8 Å². The van der Waals surface area contributed by atoms with Crippen molar-refractivity contribution in [3.8, 4) is 0 Å². The molecule has 0 unspecified atom stereocenters. The number of hydrazine groups is 1. The lowest BCUT2D eigenvalue weighted by molar-refractivity contribution is -0.119. The van der Waals surface area contributed by atoms with Crippen LogP contribution < -0.4 is 16.6 Å². The zero-order chi connectivity index (χ0) is 15.9. The molecule has 1 aromatic heterocycles. The summed E-state index contributed by atoms with van der Waals surface area (Å²) < 4.78 is 4.91. The first-order chi connectivity index (χ1) is 10.6. The Hall–Kier alpha value is -2.61.